The number of methoxy groups -OCH3 is 1. The first-order chi connectivity index (χ1) is 11.2. The Kier molecular flexibility index (Phi) is 3.79. The van der Waals surface area contributed by atoms with E-state index in [9.17, 15) is 4.79 Å². The zero-order chi connectivity index (χ0) is 16.0. The molecule has 0 radical (unpaired) electrons. The number of rotatable bonds is 2. The number of aryl methyl sites for hydroxylation is 1. The Labute approximate surface area is 146 Å². The molecular weight excluding hydrogens is 348 g/mol. The van der Waals surface area contributed by atoms with Crippen LogP contribution in [0.4, 0.5) is 0 Å². The Bertz CT molecular complexity index is 999. The van der Waals surface area contributed by atoms with Gasteiger partial charge in [-0.15, -0.1) is 23.1 Å². The molecule has 0 unspecified atom stereocenters. The van der Waals surface area contributed by atoms with Crippen molar-refractivity contribution in [1.82, 2.24) is 9.55 Å². The van der Waals surface area contributed by atoms with Gasteiger partial charge in [-0.25, -0.2) is 0 Å². The predicted octanol–water partition coefficient (Wildman–Crippen LogP) is 4.16. The van der Waals surface area contributed by atoms with E-state index >= 15 is 0 Å². The standard InChI is InChI=1S/C16H14N2O2S3/c1-20-10-6-4-9(5-7-10)18-14(19)12-11-3-2-8-22-15(11)23-13(12)17-16(18)21/h4-7H,2-3,8H2,1H3,(H,17,21). The first-order valence-electron chi connectivity index (χ1n) is 7.27. The molecule has 7 heteroatoms. The number of hydrogen-bond acceptors (Lipinski definition) is 5. The summed E-state index contributed by atoms with van der Waals surface area (Å²) in [6.07, 6.45) is 2.08. The molecule has 0 bridgehead atoms. The average molecular weight is 363 g/mol. The van der Waals surface area contributed by atoms with Crippen molar-refractivity contribution in [1.29, 1.82) is 0 Å². The summed E-state index contributed by atoms with van der Waals surface area (Å²) in [5.74, 6) is 1.87. The summed E-state index contributed by atoms with van der Waals surface area (Å²) in [5, 5.41) is 0.793. The Hall–Kier alpha value is -1.57. The summed E-state index contributed by atoms with van der Waals surface area (Å²) >= 11 is 8.91. The van der Waals surface area contributed by atoms with E-state index in [1.54, 1.807) is 23.0 Å². The second-order valence-electron chi connectivity index (χ2n) is 5.29. The number of ether oxygens (including phenoxy) is 1. The summed E-state index contributed by atoms with van der Waals surface area (Å²) in [4.78, 5) is 17.2. The first kappa shape index (κ1) is 15.0. The number of aromatic nitrogens is 2. The fourth-order valence-corrected chi connectivity index (χ4v) is 5.76. The Balaban J connectivity index is 1.99. The molecule has 1 N–H and O–H groups in total. The van der Waals surface area contributed by atoms with E-state index in [1.807, 2.05) is 36.0 Å². The topological polar surface area (TPSA) is 47.0 Å². The van der Waals surface area contributed by atoms with Crippen LogP contribution in [-0.2, 0) is 6.42 Å². The van der Waals surface area contributed by atoms with E-state index in [0.717, 1.165) is 40.2 Å². The van der Waals surface area contributed by atoms with E-state index in [-0.39, 0.29) is 5.56 Å². The summed E-state index contributed by atoms with van der Waals surface area (Å²) in [6.45, 7) is 0. The summed E-state index contributed by atoms with van der Waals surface area (Å²) < 4.78 is 8.43. The lowest BCUT2D eigenvalue weighted by atomic mass is 10.1. The summed E-state index contributed by atoms with van der Waals surface area (Å²) in [5.41, 5.74) is 1.90. The van der Waals surface area contributed by atoms with Crippen molar-refractivity contribution in [3.8, 4) is 11.4 Å². The highest BCUT2D eigenvalue weighted by Crippen LogP contribution is 2.40. The Morgan fingerprint density at radius 3 is 2.83 bits per heavy atom. The molecule has 3 heterocycles. The highest BCUT2D eigenvalue weighted by atomic mass is 32.2. The number of hydrogen-bond donors (Lipinski definition) is 1. The van der Waals surface area contributed by atoms with E-state index in [1.165, 1.54) is 9.77 Å². The minimum atomic E-state index is -0.0334. The molecule has 3 aromatic rings. The van der Waals surface area contributed by atoms with E-state index < -0.39 is 0 Å². The molecule has 0 saturated heterocycles. The van der Waals surface area contributed by atoms with Crippen LogP contribution in [0.2, 0.25) is 0 Å². The van der Waals surface area contributed by atoms with Crippen LogP contribution < -0.4 is 10.3 Å². The van der Waals surface area contributed by atoms with Crippen molar-refractivity contribution in [2.75, 3.05) is 12.9 Å². The third-order valence-corrected chi connectivity index (χ3v) is 6.78. The third kappa shape index (κ3) is 2.43. The fraction of sp³-hybridized carbons (Fsp3) is 0.250. The van der Waals surface area contributed by atoms with Crippen molar-refractivity contribution in [2.45, 2.75) is 17.1 Å². The van der Waals surface area contributed by atoms with Crippen LogP contribution >= 0.6 is 35.3 Å². The van der Waals surface area contributed by atoms with Gasteiger partial charge in [0.2, 0.25) is 0 Å². The van der Waals surface area contributed by atoms with Crippen molar-refractivity contribution >= 4 is 45.5 Å². The molecular formula is C16H14N2O2S3. The third-order valence-electron chi connectivity index (χ3n) is 3.95. The molecule has 23 heavy (non-hydrogen) atoms. The molecule has 0 atom stereocenters. The van der Waals surface area contributed by atoms with Gasteiger partial charge in [0.25, 0.3) is 5.56 Å². The Morgan fingerprint density at radius 2 is 2.09 bits per heavy atom. The molecule has 1 aromatic carbocycles. The summed E-state index contributed by atoms with van der Waals surface area (Å²) in [7, 11) is 1.62. The molecule has 2 aromatic heterocycles. The van der Waals surface area contributed by atoms with Gasteiger partial charge < -0.3 is 9.72 Å². The lowest BCUT2D eigenvalue weighted by molar-refractivity contribution is 0.414. The smallest absolute Gasteiger partial charge is 0.267 e. The number of nitrogens with one attached hydrogen (secondary N) is 1. The van der Waals surface area contributed by atoms with Gasteiger partial charge in [0, 0.05) is 0 Å². The van der Waals surface area contributed by atoms with E-state index in [0.29, 0.717) is 4.77 Å². The SMILES string of the molecule is COc1ccc(-n2c(=S)[nH]c3sc4c(c3c2=O)CCCS4)cc1. The maximum absolute atomic E-state index is 13.1. The quantitative estimate of drug-likeness (QED) is 0.696. The van der Waals surface area contributed by atoms with Crippen LogP contribution in [0.25, 0.3) is 15.9 Å². The van der Waals surface area contributed by atoms with Crippen molar-refractivity contribution in [3.63, 3.8) is 0 Å². The van der Waals surface area contributed by atoms with Gasteiger partial charge in [0.1, 0.15) is 10.6 Å². The van der Waals surface area contributed by atoms with Crippen LogP contribution in [0.1, 0.15) is 12.0 Å². The molecule has 0 spiro atoms. The van der Waals surface area contributed by atoms with Crippen LogP contribution in [0.15, 0.2) is 33.3 Å². The highest BCUT2D eigenvalue weighted by Gasteiger charge is 2.21. The zero-order valence-electron chi connectivity index (χ0n) is 12.4. The van der Waals surface area contributed by atoms with Gasteiger partial charge >= 0.3 is 0 Å². The maximum Gasteiger partial charge on any atom is 0.267 e. The number of thioether (sulfide) groups is 1. The summed E-state index contributed by atoms with van der Waals surface area (Å²) in [6, 6.07) is 7.37. The fourth-order valence-electron chi connectivity index (χ4n) is 2.84. The highest BCUT2D eigenvalue weighted by molar-refractivity contribution is 8.01. The van der Waals surface area contributed by atoms with Crippen LogP contribution in [0.5, 0.6) is 5.75 Å². The molecule has 1 aliphatic rings. The molecule has 4 rings (SSSR count). The van der Waals surface area contributed by atoms with Crippen LogP contribution in [0.3, 0.4) is 0 Å². The number of H-pyrrole nitrogens is 1. The monoisotopic (exact) mass is 362 g/mol. The predicted molar refractivity (Wildman–Crippen MR) is 98.2 cm³/mol. The van der Waals surface area contributed by atoms with Gasteiger partial charge in [-0.1, -0.05) is 0 Å². The minimum Gasteiger partial charge on any atom is -0.497 e. The largest absolute Gasteiger partial charge is 0.497 e. The van der Waals surface area contributed by atoms with Crippen molar-refractivity contribution in [2.24, 2.45) is 0 Å². The molecule has 4 nitrogen and oxygen atoms in total. The van der Waals surface area contributed by atoms with Crippen molar-refractivity contribution in [3.05, 3.63) is 45.0 Å². The lowest BCUT2D eigenvalue weighted by Gasteiger charge is -2.10. The van der Waals surface area contributed by atoms with Gasteiger partial charge in [-0.05, 0) is 60.6 Å². The van der Waals surface area contributed by atoms with Crippen LogP contribution in [-0.4, -0.2) is 22.4 Å². The van der Waals surface area contributed by atoms with Gasteiger partial charge in [-0.3, -0.25) is 9.36 Å². The number of aromatic amines is 1. The van der Waals surface area contributed by atoms with Crippen molar-refractivity contribution < 1.29 is 4.74 Å². The van der Waals surface area contributed by atoms with Gasteiger partial charge in [0.15, 0.2) is 4.77 Å². The van der Waals surface area contributed by atoms with E-state index in [2.05, 4.69) is 4.98 Å². The zero-order valence-corrected chi connectivity index (χ0v) is 14.9. The second-order valence-corrected chi connectivity index (χ2v) is 8.06. The molecule has 0 saturated carbocycles. The average Bonchev–Trinajstić information content (AvgIpc) is 2.93. The van der Waals surface area contributed by atoms with Gasteiger partial charge in [-0.2, -0.15) is 0 Å². The molecule has 118 valence electrons. The second kappa shape index (κ2) is 5.81. The molecule has 1 aliphatic heterocycles. The number of fused-ring (bicyclic) bond motifs is 3. The number of nitrogens with zero attached hydrogens (tertiary/aromatic N) is 1. The minimum absolute atomic E-state index is 0.0334. The normalized spacial score (nSPS) is 14.0. The molecule has 0 fully saturated rings. The maximum atomic E-state index is 13.1. The number of thiophene rings is 1. The van der Waals surface area contributed by atoms with E-state index in [4.69, 9.17) is 17.0 Å². The number of benzene rings is 1. The van der Waals surface area contributed by atoms with Gasteiger partial charge in [0.05, 0.1) is 22.4 Å². The lowest BCUT2D eigenvalue weighted by Crippen LogP contribution is -2.20. The molecule has 0 aliphatic carbocycles. The van der Waals surface area contributed by atoms with Crippen LogP contribution in [0, 0.1) is 4.77 Å². The first-order valence-corrected chi connectivity index (χ1v) is 9.48. The molecule has 0 amide bonds. The Morgan fingerprint density at radius 1 is 1.30 bits per heavy atom.